The molecule has 9 nitrogen and oxygen atoms in total. The van der Waals surface area contributed by atoms with Gasteiger partial charge in [0, 0.05) is 29.0 Å². The number of primary amides is 1. The molecule has 41 heavy (non-hydrogen) atoms. The molecule has 1 unspecified atom stereocenters. The minimum absolute atomic E-state index is 0.0834. The molecule has 1 aromatic heterocycles. The topological polar surface area (TPSA) is 118 Å². The molecule has 3 aromatic carbocycles. The van der Waals surface area contributed by atoms with Crippen LogP contribution in [0.2, 0.25) is 0 Å². The average Bonchev–Trinajstić information content (AvgIpc) is 3.11. The van der Waals surface area contributed by atoms with Gasteiger partial charge in [-0.25, -0.2) is 0 Å². The Morgan fingerprint density at radius 2 is 1.88 bits per heavy atom. The molecule has 2 atom stereocenters. The molecule has 0 radical (unpaired) electrons. The highest BCUT2D eigenvalue weighted by molar-refractivity contribution is 9.10. The van der Waals surface area contributed by atoms with Gasteiger partial charge in [-0.15, -0.1) is 0 Å². The zero-order chi connectivity index (χ0) is 29.3. The molecule has 210 valence electrons. The van der Waals surface area contributed by atoms with E-state index in [1.165, 1.54) is 11.1 Å². The van der Waals surface area contributed by atoms with Crippen molar-refractivity contribution in [3.63, 3.8) is 0 Å². The summed E-state index contributed by atoms with van der Waals surface area (Å²) in [6, 6.07) is 20.3. The molecule has 2 heterocycles. The molecule has 0 aliphatic carbocycles. The number of aromatic nitrogens is 1. The number of carbonyl (C=O) groups is 3. The van der Waals surface area contributed by atoms with Gasteiger partial charge in [-0.05, 0) is 67.2 Å². The molecule has 3 N–H and O–H groups in total. The Hall–Kier alpha value is -4.28. The number of nitrogens with zero attached hydrogens (tertiary/aromatic N) is 3. The highest BCUT2D eigenvalue weighted by atomic mass is 79.9. The Labute approximate surface area is 246 Å². The predicted octanol–water partition coefficient (Wildman–Crippen LogP) is 4.28. The first-order valence-corrected chi connectivity index (χ1v) is 13.8. The minimum atomic E-state index is -1.46. The van der Waals surface area contributed by atoms with Crippen LogP contribution in [0, 0.1) is 5.92 Å². The second kappa shape index (κ2) is 11.3. The van der Waals surface area contributed by atoms with Crippen LogP contribution in [0.25, 0.3) is 10.8 Å². The maximum atomic E-state index is 14.6. The van der Waals surface area contributed by atoms with E-state index in [0.29, 0.717) is 22.7 Å². The first kappa shape index (κ1) is 28.3. The first-order valence-electron chi connectivity index (χ1n) is 13.1. The monoisotopic (exact) mass is 615 g/mol. The summed E-state index contributed by atoms with van der Waals surface area (Å²) in [6.07, 6.45) is 3.07. The third-order valence-corrected chi connectivity index (χ3v) is 8.35. The Balaban J connectivity index is 1.73. The lowest BCUT2D eigenvalue weighted by Gasteiger charge is -2.36. The molecule has 0 spiro atoms. The van der Waals surface area contributed by atoms with E-state index in [2.05, 4.69) is 26.2 Å². The predicted molar refractivity (Wildman–Crippen MR) is 162 cm³/mol. The standard InChI is InChI=1S/C31H30BrN5O4/c1-31(34-2,30(33)40)24-18-37(28(38)20-7-6-14-35-16-20)26-9-5-4-8-25(26)36(29(24)39)17-23-22-12-11-21(32)15-19(22)10-13-27(23)41-3/h4-16,24,34H,17-18H2,1-3H3,(H2,33,40)/t24-,31?/m1/s1. The van der Waals surface area contributed by atoms with Gasteiger partial charge in [-0.3, -0.25) is 19.4 Å². The van der Waals surface area contributed by atoms with Crippen molar-refractivity contribution in [1.82, 2.24) is 10.3 Å². The van der Waals surface area contributed by atoms with Crippen molar-refractivity contribution in [3.05, 3.63) is 94.7 Å². The fourth-order valence-electron chi connectivity index (χ4n) is 5.34. The van der Waals surface area contributed by atoms with E-state index < -0.39 is 17.4 Å². The van der Waals surface area contributed by atoms with Gasteiger partial charge in [0.05, 0.1) is 36.5 Å². The average molecular weight is 617 g/mol. The Morgan fingerprint density at radius 3 is 2.54 bits per heavy atom. The van der Waals surface area contributed by atoms with E-state index in [0.717, 1.165) is 20.8 Å². The lowest BCUT2D eigenvalue weighted by molar-refractivity contribution is -0.133. The largest absolute Gasteiger partial charge is 0.496 e. The number of fused-ring (bicyclic) bond motifs is 2. The summed E-state index contributed by atoms with van der Waals surface area (Å²) < 4.78 is 6.67. The molecule has 0 saturated carbocycles. The zero-order valence-electron chi connectivity index (χ0n) is 22.9. The number of hydrogen-bond acceptors (Lipinski definition) is 6. The summed E-state index contributed by atoms with van der Waals surface area (Å²) in [6.45, 7) is 1.64. The van der Waals surface area contributed by atoms with Gasteiger partial charge in [0.25, 0.3) is 5.91 Å². The van der Waals surface area contributed by atoms with Gasteiger partial charge in [-0.1, -0.05) is 40.2 Å². The molecule has 1 aliphatic heterocycles. The van der Waals surface area contributed by atoms with E-state index in [1.54, 1.807) is 56.4 Å². The number of halogens is 1. The quantitative estimate of drug-likeness (QED) is 0.320. The zero-order valence-corrected chi connectivity index (χ0v) is 24.5. The normalized spacial score (nSPS) is 16.6. The molecule has 0 bridgehead atoms. The maximum absolute atomic E-state index is 14.6. The molecule has 1 aliphatic rings. The van der Waals surface area contributed by atoms with Gasteiger partial charge in [0.1, 0.15) is 11.3 Å². The number of anilines is 2. The van der Waals surface area contributed by atoms with Crippen LogP contribution < -0.4 is 25.6 Å². The molecule has 3 amide bonds. The number of amides is 3. The molecule has 10 heteroatoms. The fraction of sp³-hybridized carbons (Fsp3) is 0.226. The van der Waals surface area contributed by atoms with Crippen molar-refractivity contribution in [3.8, 4) is 5.75 Å². The van der Waals surface area contributed by atoms with Crippen molar-refractivity contribution in [2.75, 3.05) is 30.5 Å². The number of rotatable bonds is 7. The number of likely N-dealkylation sites (N-methyl/N-ethyl adjacent to an activating group) is 1. The van der Waals surface area contributed by atoms with E-state index in [9.17, 15) is 14.4 Å². The summed E-state index contributed by atoms with van der Waals surface area (Å²) in [5.74, 6) is -1.81. The van der Waals surface area contributed by atoms with Gasteiger partial charge in [0.15, 0.2) is 0 Å². The van der Waals surface area contributed by atoms with Gasteiger partial charge in [-0.2, -0.15) is 0 Å². The van der Waals surface area contributed by atoms with Crippen molar-refractivity contribution < 1.29 is 19.1 Å². The van der Waals surface area contributed by atoms with E-state index >= 15 is 0 Å². The van der Waals surface area contributed by atoms with Crippen LogP contribution in [0.4, 0.5) is 11.4 Å². The maximum Gasteiger partial charge on any atom is 0.259 e. The van der Waals surface area contributed by atoms with E-state index in [1.807, 2.05) is 42.5 Å². The summed E-state index contributed by atoms with van der Waals surface area (Å²) in [7, 11) is 3.17. The van der Waals surface area contributed by atoms with E-state index in [4.69, 9.17) is 10.5 Å². The fourth-order valence-corrected chi connectivity index (χ4v) is 5.72. The lowest BCUT2D eigenvalue weighted by atomic mass is 9.83. The van der Waals surface area contributed by atoms with Gasteiger partial charge in [0.2, 0.25) is 11.8 Å². The molecule has 0 saturated heterocycles. The SMILES string of the molecule is CNC(C)(C(N)=O)[C@@H]1CN(C(=O)c2cccnc2)c2ccccc2N(Cc2c(OC)ccc3cc(Br)ccc23)C1=O. The summed E-state index contributed by atoms with van der Waals surface area (Å²) in [4.78, 5) is 48.6. The third kappa shape index (κ3) is 5.05. The number of hydrogen-bond donors (Lipinski definition) is 2. The van der Waals surface area contributed by atoms with Crippen molar-refractivity contribution in [2.45, 2.75) is 19.0 Å². The second-order valence-electron chi connectivity index (χ2n) is 10.1. The van der Waals surface area contributed by atoms with Crippen molar-refractivity contribution in [2.24, 2.45) is 11.7 Å². The third-order valence-electron chi connectivity index (χ3n) is 7.86. The van der Waals surface area contributed by atoms with Crippen LogP contribution in [0.1, 0.15) is 22.8 Å². The highest BCUT2D eigenvalue weighted by Crippen LogP contribution is 2.40. The van der Waals surface area contributed by atoms with Crippen molar-refractivity contribution in [1.29, 1.82) is 0 Å². The van der Waals surface area contributed by atoms with Crippen LogP contribution in [0.3, 0.4) is 0 Å². The number of methoxy groups -OCH3 is 1. The number of benzene rings is 3. The first-order chi connectivity index (χ1) is 19.7. The number of para-hydroxylation sites is 2. The van der Waals surface area contributed by atoms with Crippen LogP contribution in [-0.4, -0.2) is 48.9 Å². The molecule has 5 rings (SSSR count). The summed E-state index contributed by atoms with van der Waals surface area (Å²) in [5, 5.41) is 4.85. The molecular formula is C31H30BrN5O4. The Morgan fingerprint density at radius 1 is 1.12 bits per heavy atom. The van der Waals surface area contributed by atoms with Crippen LogP contribution >= 0.6 is 15.9 Å². The van der Waals surface area contributed by atoms with Gasteiger partial charge >= 0.3 is 0 Å². The Bertz CT molecular complexity index is 1650. The summed E-state index contributed by atoms with van der Waals surface area (Å²) in [5.41, 5.74) is 6.62. The van der Waals surface area contributed by atoms with Crippen LogP contribution in [-0.2, 0) is 16.1 Å². The van der Waals surface area contributed by atoms with Crippen LogP contribution in [0.15, 0.2) is 83.6 Å². The Kier molecular flexibility index (Phi) is 7.79. The number of ether oxygens (including phenoxy) is 1. The lowest BCUT2D eigenvalue weighted by Crippen LogP contribution is -2.63. The smallest absolute Gasteiger partial charge is 0.259 e. The molecule has 0 fully saturated rings. The van der Waals surface area contributed by atoms with E-state index in [-0.39, 0.29) is 24.9 Å². The number of nitrogens with two attached hydrogens (primary N) is 1. The molecule has 4 aromatic rings. The summed E-state index contributed by atoms with van der Waals surface area (Å²) >= 11 is 3.53. The van der Waals surface area contributed by atoms with Crippen molar-refractivity contribution >= 4 is 55.8 Å². The highest BCUT2D eigenvalue weighted by Gasteiger charge is 2.48. The minimum Gasteiger partial charge on any atom is -0.496 e. The number of carbonyl (C=O) groups excluding carboxylic acids is 3. The van der Waals surface area contributed by atoms with Gasteiger partial charge < -0.3 is 25.6 Å². The van der Waals surface area contributed by atoms with Crippen LogP contribution in [0.5, 0.6) is 5.75 Å². The number of pyridine rings is 1. The number of nitrogens with one attached hydrogen (secondary N) is 1. The molecular weight excluding hydrogens is 586 g/mol. The second-order valence-corrected chi connectivity index (χ2v) is 11.0.